The Labute approximate surface area is 158 Å². The number of rotatable bonds is 4. The smallest absolute Gasteiger partial charge is 0.257 e. The van der Waals surface area contributed by atoms with E-state index in [1.807, 2.05) is 30.3 Å². The van der Waals surface area contributed by atoms with Gasteiger partial charge in [0.05, 0.1) is 11.3 Å². The van der Waals surface area contributed by atoms with Crippen molar-refractivity contribution in [1.82, 2.24) is 20.2 Å². The van der Waals surface area contributed by atoms with Crippen LogP contribution >= 0.6 is 0 Å². The number of nitrogens with one attached hydrogen (secondary N) is 1. The van der Waals surface area contributed by atoms with Crippen molar-refractivity contribution in [3.05, 3.63) is 60.4 Å². The van der Waals surface area contributed by atoms with Gasteiger partial charge in [0.15, 0.2) is 0 Å². The lowest BCUT2D eigenvalue weighted by Crippen LogP contribution is -2.32. The van der Waals surface area contributed by atoms with E-state index in [-0.39, 0.29) is 5.91 Å². The molecule has 1 aromatic heterocycles. The van der Waals surface area contributed by atoms with Gasteiger partial charge in [0.1, 0.15) is 6.33 Å². The molecule has 27 heavy (non-hydrogen) atoms. The average molecular weight is 362 g/mol. The van der Waals surface area contributed by atoms with Gasteiger partial charge in [-0.15, -0.1) is 5.10 Å². The highest BCUT2D eigenvalue weighted by molar-refractivity contribution is 6.06. The first kappa shape index (κ1) is 17.2. The Hall–Kier alpha value is -3.22. The lowest BCUT2D eigenvalue weighted by Gasteiger charge is -2.32. The van der Waals surface area contributed by atoms with Gasteiger partial charge in [0, 0.05) is 24.5 Å². The van der Waals surface area contributed by atoms with Crippen molar-refractivity contribution < 1.29 is 4.79 Å². The molecule has 2 aromatic carbocycles. The van der Waals surface area contributed by atoms with Crippen LogP contribution in [0.15, 0.2) is 54.9 Å². The Morgan fingerprint density at radius 2 is 1.81 bits per heavy atom. The normalized spacial score (nSPS) is 14.9. The molecular weight excluding hydrogens is 340 g/mol. The number of piperidine rings is 1. The van der Waals surface area contributed by atoms with Gasteiger partial charge in [-0.05, 0) is 65.6 Å². The second-order valence-electron chi connectivity index (χ2n) is 6.94. The van der Waals surface area contributed by atoms with Crippen LogP contribution in [0.1, 0.15) is 30.1 Å². The summed E-state index contributed by atoms with van der Waals surface area (Å²) in [6.07, 6.45) is 3.93. The maximum atomic E-state index is 12.7. The highest BCUT2D eigenvalue weighted by Crippen LogP contribution is 2.24. The Morgan fingerprint density at radius 3 is 2.52 bits per heavy atom. The third-order valence-corrected chi connectivity index (χ3v) is 5.02. The van der Waals surface area contributed by atoms with Crippen molar-refractivity contribution in [3.8, 4) is 5.69 Å². The standard InChI is InChI=1S/C20H22N6O/c1-15-10-12-25(13-11-15)17-8-6-16(7-9-17)22-20(27)18-4-2-3-5-19(18)26-14-21-23-24-26/h2-9,14-15H,10-13H2,1H3,(H,22,27). The lowest BCUT2D eigenvalue weighted by molar-refractivity contribution is 0.102. The molecule has 1 aliphatic rings. The van der Waals surface area contributed by atoms with E-state index in [4.69, 9.17) is 0 Å². The van der Waals surface area contributed by atoms with Gasteiger partial charge in [-0.25, -0.2) is 0 Å². The number of hydrogen-bond acceptors (Lipinski definition) is 5. The molecule has 1 saturated heterocycles. The summed E-state index contributed by atoms with van der Waals surface area (Å²) >= 11 is 0. The molecule has 7 nitrogen and oxygen atoms in total. The molecule has 7 heteroatoms. The third-order valence-electron chi connectivity index (χ3n) is 5.02. The van der Waals surface area contributed by atoms with Crippen LogP contribution in [0.3, 0.4) is 0 Å². The minimum Gasteiger partial charge on any atom is -0.372 e. The minimum absolute atomic E-state index is 0.194. The Bertz CT molecular complexity index is 898. The zero-order valence-corrected chi connectivity index (χ0v) is 15.2. The van der Waals surface area contributed by atoms with E-state index in [9.17, 15) is 4.79 Å². The molecule has 0 aliphatic carbocycles. The molecule has 3 aromatic rings. The van der Waals surface area contributed by atoms with Gasteiger partial charge in [-0.1, -0.05) is 19.1 Å². The highest BCUT2D eigenvalue weighted by Gasteiger charge is 2.17. The summed E-state index contributed by atoms with van der Waals surface area (Å²) in [5, 5.41) is 14.1. The fourth-order valence-electron chi connectivity index (χ4n) is 3.36. The van der Waals surface area contributed by atoms with E-state index in [1.54, 1.807) is 6.07 Å². The van der Waals surface area contributed by atoms with E-state index < -0.39 is 0 Å². The van der Waals surface area contributed by atoms with Gasteiger partial charge in [0.25, 0.3) is 5.91 Å². The van der Waals surface area contributed by atoms with Crippen molar-refractivity contribution in [1.29, 1.82) is 0 Å². The van der Waals surface area contributed by atoms with E-state index in [0.717, 1.165) is 24.7 Å². The first-order chi connectivity index (χ1) is 13.2. The number of aromatic nitrogens is 4. The lowest BCUT2D eigenvalue weighted by atomic mass is 9.99. The second-order valence-corrected chi connectivity index (χ2v) is 6.94. The van der Waals surface area contributed by atoms with Crippen molar-refractivity contribution in [2.45, 2.75) is 19.8 Å². The van der Waals surface area contributed by atoms with E-state index in [2.05, 4.69) is 44.8 Å². The van der Waals surface area contributed by atoms with Gasteiger partial charge in [-0.2, -0.15) is 4.68 Å². The number of carbonyl (C=O) groups excluding carboxylic acids is 1. The number of tetrazole rings is 1. The van der Waals surface area contributed by atoms with Crippen LogP contribution in [0.2, 0.25) is 0 Å². The monoisotopic (exact) mass is 362 g/mol. The molecule has 1 N–H and O–H groups in total. The number of nitrogens with zero attached hydrogens (tertiary/aromatic N) is 5. The highest BCUT2D eigenvalue weighted by atomic mass is 16.1. The van der Waals surface area contributed by atoms with Gasteiger partial charge < -0.3 is 10.2 Å². The number of para-hydroxylation sites is 1. The average Bonchev–Trinajstić information content (AvgIpc) is 3.24. The predicted octanol–water partition coefficient (Wildman–Crippen LogP) is 3.15. The molecule has 0 spiro atoms. The topological polar surface area (TPSA) is 75.9 Å². The molecule has 0 atom stereocenters. The summed E-state index contributed by atoms with van der Waals surface area (Å²) in [6.45, 7) is 4.49. The Kier molecular flexibility index (Phi) is 4.82. The van der Waals surface area contributed by atoms with Crippen LogP contribution in [-0.2, 0) is 0 Å². The molecule has 1 aliphatic heterocycles. The predicted molar refractivity (Wildman–Crippen MR) is 104 cm³/mol. The molecular formula is C20H22N6O. The van der Waals surface area contributed by atoms with Crippen molar-refractivity contribution >= 4 is 17.3 Å². The minimum atomic E-state index is -0.194. The first-order valence-corrected chi connectivity index (χ1v) is 9.19. The molecule has 1 fully saturated rings. The summed E-state index contributed by atoms with van der Waals surface area (Å²) in [7, 11) is 0. The second kappa shape index (κ2) is 7.57. The molecule has 2 heterocycles. The SMILES string of the molecule is CC1CCN(c2ccc(NC(=O)c3ccccc3-n3cnnn3)cc2)CC1. The number of carbonyl (C=O) groups is 1. The summed E-state index contributed by atoms with van der Waals surface area (Å²) in [5.74, 6) is 0.612. The summed E-state index contributed by atoms with van der Waals surface area (Å²) < 4.78 is 1.48. The zero-order valence-electron chi connectivity index (χ0n) is 15.2. The molecule has 0 radical (unpaired) electrons. The van der Waals surface area contributed by atoms with Gasteiger partial charge in [-0.3, -0.25) is 4.79 Å². The molecule has 138 valence electrons. The number of benzene rings is 2. The Morgan fingerprint density at radius 1 is 1.07 bits per heavy atom. The summed E-state index contributed by atoms with van der Waals surface area (Å²) in [6, 6.07) is 15.3. The number of anilines is 2. The number of amides is 1. The van der Waals surface area contributed by atoms with Gasteiger partial charge in [0.2, 0.25) is 0 Å². The van der Waals surface area contributed by atoms with Crippen LogP contribution in [0.25, 0.3) is 5.69 Å². The molecule has 0 bridgehead atoms. The maximum Gasteiger partial charge on any atom is 0.257 e. The van der Waals surface area contributed by atoms with E-state index >= 15 is 0 Å². The van der Waals surface area contributed by atoms with Crippen LogP contribution in [0, 0.1) is 5.92 Å². The zero-order chi connectivity index (χ0) is 18.6. The molecule has 0 saturated carbocycles. The quantitative estimate of drug-likeness (QED) is 0.772. The summed E-state index contributed by atoms with van der Waals surface area (Å²) in [5.41, 5.74) is 3.12. The van der Waals surface area contributed by atoms with Crippen molar-refractivity contribution in [2.75, 3.05) is 23.3 Å². The maximum absolute atomic E-state index is 12.7. The van der Waals surface area contributed by atoms with Crippen LogP contribution < -0.4 is 10.2 Å². The van der Waals surface area contributed by atoms with Crippen molar-refractivity contribution in [3.63, 3.8) is 0 Å². The third kappa shape index (κ3) is 3.81. The molecule has 4 rings (SSSR count). The van der Waals surface area contributed by atoms with Gasteiger partial charge >= 0.3 is 0 Å². The summed E-state index contributed by atoms with van der Waals surface area (Å²) in [4.78, 5) is 15.2. The van der Waals surface area contributed by atoms with Crippen LogP contribution in [-0.4, -0.2) is 39.2 Å². The molecule has 1 amide bonds. The van der Waals surface area contributed by atoms with Crippen molar-refractivity contribution in [2.24, 2.45) is 5.92 Å². The van der Waals surface area contributed by atoms with E-state index in [0.29, 0.717) is 11.3 Å². The van der Waals surface area contributed by atoms with E-state index in [1.165, 1.54) is 29.5 Å². The van der Waals surface area contributed by atoms with Crippen LogP contribution in [0.5, 0.6) is 0 Å². The van der Waals surface area contributed by atoms with Crippen LogP contribution in [0.4, 0.5) is 11.4 Å². The Balaban J connectivity index is 1.48. The number of hydrogen-bond donors (Lipinski definition) is 1. The largest absolute Gasteiger partial charge is 0.372 e. The first-order valence-electron chi connectivity index (χ1n) is 9.19. The molecule has 0 unspecified atom stereocenters. The fraction of sp³-hybridized carbons (Fsp3) is 0.300. The fourth-order valence-corrected chi connectivity index (χ4v) is 3.36.